The van der Waals surface area contributed by atoms with Gasteiger partial charge in [0, 0.05) is 16.6 Å². The van der Waals surface area contributed by atoms with Crippen molar-refractivity contribution < 1.29 is 14.3 Å². The van der Waals surface area contributed by atoms with Crippen molar-refractivity contribution in [2.24, 2.45) is 0 Å². The Bertz CT molecular complexity index is 886. The number of carbonyl (C=O) groups excluding carboxylic acids is 2. The van der Waals surface area contributed by atoms with Gasteiger partial charge in [-0.1, -0.05) is 19.3 Å². The number of hydrogen-bond acceptors (Lipinski definition) is 4. The van der Waals surface area contributed by atoms with E-state index in [1.807, 2.05) is 19.9 Å². The van der Waals surface area contributed by atoms with E-state index in [4.69, 9.17) is 4.74 Å². The van der Waals surface area contributed by atoms with Crippen molar-refractivity contribution in [2.45, 2.75) is 51.5 Å². The van der Waals surface area contributed by atoms with Gasteiger partial charge in [0.15, 0.2) is 6.61 Å². The Kier molecular flexibility index (Phi) is 4.99. The van der Waals surface area contributed by atoms with Gasteiger partial charge in [-0.05, 0) is 50.5 Å². The first-order valence-electron chi connectivity index (χ1n) is 8.92. The van der Waals surface area contributed by atoms with E-state index in [0.29, 0.717) is 18.4 Å². The maximum absolute atomic E-state index is 12.3. The first-order chi connectivity index (χ1) is 12.4. The number of benzene rings is 1. The molecular formula is C20H23N3O3. The predicted octanol–water partition coefficient (Wildman–Crippen LogP) is 3.28. The number of carbonyl (C=O) groups is 2. The molecule has 1 amide bonds. The summed E-state index contributed by atoms with van der Waals surface area (Å²) in [5, 5.41) is 13.1. The van der Waals surface area contributed by atoms with Crippen LogP contribution in [-0.4, -0.2) is 29.0 Å². The Balaban J connectivity index is 1.62. The first-order valence-corrected chi connectivity index (χ1v) is 8.92. The minimum Gasteiger partial charge on any atom is -0.452 e. The number of amides is 1. The molecule has 0 spiro atoms. The maximum atomic E-state index is 12.3. The Morgan fingerprint density at radius 2 is 2.00 bits per heavy atom. The summed E-state index contributed by atoms with van der Waals surface area (Å²) in [6, 6.07) is 7.50. The van der Waals surface area contributed by atoms with Crippen LogP contribution in [0.1, 0.15) is 53.7 Å². The monoisotopic (exact) mass is 353 g/mol. The molecule has 1 fully saturated rings. The van der Waals surface area contributed by atoms with Crippen molar-refractivity contribution in [3.05, 3.63) is 35.0 Å². The van der Waals surface area contributed by atoms with Crippen LogP contribution in [0.3, 0.4) is 0 Å². The summed E-state index contributed by atoms with van der Waals surface area (Å²) < 4.78 is 5.15. The fourth-order valence-electron chi connectivity index (χ4n) is 3.53. The second-order valence-electron chi connectivity index (χ2n) is 7.01. The molecular weight excluding hydrogens is 330 g/mol. The Labute approximate surface area is 152 Å². The molecule has 0 unspecified atom stereocenters. The van der Waals surface area contributed by atoms with E-state index in [1.54, 1.807) is 12.1 Å². The van der Waals surface area contributed by atoms with Gasteiger partial charge in [-0.25, -0.2) is 4.79 Å². The summed E-state index contributed by atoms with van der Waals surface area (Å²) in [6.45, 7) is 3.58. The number of nitriles is 1. The largest absolute Gasteiger partial charge is 0.452 e. The van der Waals surface area contributed by atoms with Gasteiger partial charge in [-0.15, -0.1) is 0 Å². The van der Waals surface area contributed by atoms with Crippen LogP contribution in [-0.2, 0) is 9.53 Å². The summed E-state index contributed by atoms with van der Waals surface area (Å²) in [7, 11) is 0. The van der Waals surface area contributed by atoms with Crippen molar-refractivity contribution in [2.75, 3.05) is 6.61 Å². The zero-order valence-electron chi connectivity index (χ0n) is 15.1. The second-order valence-corrected chi connectivity index (χ2v) is 7.01. The lowest BCUT2D eigenvalue weighted by Gasteiger charge is -2.31. The molecule has 1 saturated carbocycles. The summed E-state index contributed by atoms with van der Waals surface area (Å²) in [5.74, 6) is -0.980. The van der Waals surface area contributed by atoms with E-state index in [9.17, 15) is 14.9 Å². The smallest absolute Gasteiger partial charge is 0.338 e. The molecule has 1 aromatic heterocycles. The van der Waals surface area contributed by atoms with Crippen LogP contribution in [0.4, 0.5) is 0 Å². The normalized spacial score (nSPS) is 16.0. The van der Waals surface area contributed by atoms with Crippen LogP contribution in [0.25, 0.3) is 10.9 Å². The van der Waals surface area contributed by atoms with E-state index in [1.165, 1.54) is 0 Å². The molecule has 6 nitrogen and oxygen atoms in total. The molecule has 26 heavy (non-hydrogen) atoms. The predicted molar refractivity (Wildman–Crippen MR) is 97.6 cm³/mol. The highest BCUT2D eigenvalue weighted by atomic mass is 16.5. The molecule has 0 aliphatic heterocycles. The van der Waals surface area contributed by atoms with Crippen LogP contribution in [0.5, 0.6) is 0 Å². The van der Waals surface area contributed by atoms with E-state index >= 15 is 0 Å². The summed E-state index contributed by atoms with van der Waals surface area (Å²) in [5.41, 5.74) is 2.68. The molecule has 0 saturated heterocycles. The number of nitrogens with one attached hydrogen (secondary N) is 2. The zero-order chi connectivity index (χ0) is 18.7. The summed E-state index contributed by atoms with van der Waals surface area (Å²) in [6.07, 6.45) is 4.21. The number of aryl methyl sites for hydroxylation is 2. The van der Waals surface area contributed by atoms with Crippen molar-refractivity contribution in [1.29, 1.82) is 5.26 Å². The minimum atomic E-state index is -0.819. The summed E-state index contributed by atoms with van der Waals surface area (Å²) >= 11 is 0. The van der Waals surface area contributed by atoms with Gasteiger partial charge in [0.1, 0.15) is 5.54 Å². The van der Waals surface area contributed by atoms with Gasteiger partial charge in [0.2, 0.25) is 0 Å². The molecule has 0 radical (unpaired) electrons. The molecule has 0 atom stereocenters. The number of nitrogens with zero attached hydrogens (tertiary/aromatic N) is 1. The van der Waals surface area contributed by atoms with Gasteiger partial charge in [-0.2, -0.15) is 5.26 Å². The number of hydrogen-bond donors (Lipinski definition) is 2. The fraction of sp³-hybridized carbons (Fsp3) is 0.450. The van der Waals surface area contributed by atoms with Crippen molar-refractivity contribution in [3.63, 3.8) is 0 Å². The number of ether oxygens (including phenoxy) is 1. The lowest BCUT2D eigenvalue weighted by Crippen LogP contribution is -2.50. The van der Waals surface area contributed by atoms with Gasteiger partial charge in [0.05, 0.1) is 11.6 Å². The number of fused-ring (bicyclic) bond motifs is 1. The highest BCUT2D eigenvalue weighted by Gasteiger charge is 2.33. The van der Waals surface area contributed by atoms with E-state index in [0.717, 1.165) is 41.4 Å². The van der Waals surface area contributed by atoms with Crippen LogP contribution < -0.4 is 5.32 Å². The lowest BCUT2D eigenvalue weighted by atomic mass is 9.83. The number of aromatic amines is 1. The topological polar surface area (TPSA) is 95.0 Å². The second kappa shape index (κ2) is 7.20. The minimum absolute atomic E-state index is 0.383. The molecule has 0 bridgehead atoms. The van der Waals surface area contributed by atoms with Gasteiger partial charge in [0.25, 0.3) is 5.91 Å². The van der Waals surface area contributed by atoms with Crippen molar-refractivity contribution >= 4 is 22.8 Å². The van der Waals surface area contributed by atoms with E-state index in [2.05, 4.69) is 16.4 Å². The quantitative estimate of drug-likeness (QED) is 0.825. The first kappa shape index (κ1) is 18.0. The number of rotatable bonds is 4. The number of aromatic nitrogens is 1. The molecule has 2 N–H and O–H groups in total. The maximum Gasteiger partial charge on any atom is 0.338 e. The molecule has 1 heterocycles. The highest BCUT2D eigenvalue weighted by molar-refractivity contribution is 5.96. The van der Waals surface area contributed by atoms with Crippen molar-refractivity contribution in [3.8, 4) is 6.07 Å². The van der Waals surface area contributed by atoms with Crippen LogP contribution in [0, 0.1) is 25.2 Å². The van der Waals surface area contributed by atoms with E-state index in [-0.39, 0.29) is 6.61 Å². The molecule has 136 valence electrons. The third-order valence-electron chi connectivity index (χ3n) is 5.18. The van der Waals surface area contributed by atoms with Crippen LogP contribution in [0.2, 0.25) is 0 Å². The van der Waals surface area contributed by atoms with E-state index < -0.39 is 17.4 Å². The SMILES string of the molecule is Cc1[nH]c2ccc(C(=O)OCC(=O)NC3(C#N)CCCCC3)cc2c1C. The Morgan fingerprint density at radius 1 is 1.27 bits per heavy atom. The Hall–Kier alpha value is -2.81. The average Bonchev–Trinajstić information content (AvgIpc) is 2.94. The average molecular weight is 353 g/mol. The van der Waals surface area contributed by atoms with Crippen LogP contribution >= 0.6 is 0 Å². The molecule has 6 heteroatoms. The standard InChI is InChI=1S/C20H23N3O3/c1-13-14(2)22-17-7-6-15(10-16(13)17)19(25)26-11-18(24)23-20(12-21)8-4-3-5-9-20/h6-7,10,22H,3-5,8-9,11H2,1-2H3,(H,23,24). The lowest BCUT2D eigenvalue weighted by molar-refractivity contribution is -0.125. The number of esters is 1. The third kappa shape index (κ3) is 3.57. The fourth-order valence-corrected chi connectivity index (χ4v) is 3.53. The summed E-state index contributed by atoms with van der Waals surface area (Å²) in [4.78, 5) is 27.7. The van der Waals surface area contributed by atoms with Gasteiger partial charge < -0.3 is 15.0 Å². The molecule has 1 aliphatic carbocycles. The molecule has 1 aliphatic rings. The number of H-pyrrole nitrogens is 1. The molecule has 1 aromatic carbocycles. The van der Waals surface area contributed by atoms with Crippen LogP contribution in [0.15, 0.2) is 18.2 Å². The Morgan fingerprint density at radius 3 is 2.69 bits per heavy atom. The van der Waals surface area contributed by atoms with Crippen molar-refractivity contribution in [1.82, 2.24) is 10.3 Å². The van der Waals surface area contributed by atoms with Gasteiger partial charge in [-0.3, -0.25) is 4.79 Å². The highest BCUT2D eigenvalue weighted by Crippen LogP contribution is 2.27. The molecule has 3 rings (SSSR count). The van der Waals surface area contributed by atoms with Gasteiger partial charge >= 0.3 is 5.97 Å². The zero-order valence-corrected chi connectivity index (χ0v) is 15.1. The third-order valence-corrected chi connectivity index (χ3v) is 5.18. The molecule has 2 aromatic rings.